The predicted octanol–water partition coefficient (Wildman–Crippen LogP) is 2.78. The van der Waals surface area contributed by atoms with Crippen LogP contribution in [0.15, 0.2) is 50.2 Å². The van der Waals surface area contributed by atoms with E-state index in [9.17, 15) is 4.79 Å². The van der Waals surface area contributed by atoms with Gasteiger partial charge in [-0.1, -0.05) is 12.1 Å². The van der Waals surface area contributed by atoms with Crippen molar-refractivity contribution in [1.82, 2.24) is 4.90 Å². The van der Waals surface area contributed by atoms with E-state index in [2.05, 4.69) is 19.9 Å². The highest BCUT2D eigenvalue weighted by Gasteiger charge is 2.34. The lowest BCUT2D eigenvalue weighted by Gasteiger charge is -2.24. The summed E-state index contributed by atoms with van der Waals surface area (Å²) in [7, 11) is 0. The topological polar surface area (TPSA) is 57.4 Å². The van der Waals surface area contributed by atoms with Crippen LogP contribution in [0.2, 0.25) is 0 Å². The molecule has 4 rings (SSSR count). The molecule has 0 aromatic carbocycles. The standard InChI is InChI=1S/C17H16N4OS/c22-16-14-12(5-6-13-4-3-11-23-13)7-8-18-15(14)19-17(20-16)21-9-1-2-10-21/h3-8,11,14H,1-2,9-10H2/b6-5+. The van der Waals surface area contributed by atoms with Gasteiger partial charge in [0.25, 0.3) is 5.91 Å². The summed E-state index contributed by atoms with van der Waals surface area (Å²) in [6, 6.07) is 4.05. The zero-order valence-corrected chi connectivity index (χ0v) is 13.4. The van der Waals surface area contributed by atoms with Gasteiger partial charge < -0.3 is 4.90 Å². The molecule has 23 heavy (non-hydrogen) atoms. The summed E-state index contributed by atoms with van der Waals surface area (Å²) in [6.07, 6.45) is 9.80. The van der Waals surface area contributed by atoms with Crippen molar-refractivity contribution >= 4 is 41.3 Å². The molecule has 0 bridgehead atoms. The first kappa shape index (κ1) is 14.3. The average molecular weight is 324 g/mol. The molecule has 3 aliphatic rings. The molecule has 5 nitrogen and oxygen atoms in total. The van der Waals surface area contributed by atoms with Crippen molar-refractivity contribution in [1.29, 1.82) is 0 Å². The highest BCUT2D eigenvalue weighted by molar-refractivity contribution is 7.10. The largest absolute Gasteiger partial charge is 0.341 e. The van der Waals surface area contributed by atoms with E-state index in [4.69, 9.17) is 0 Å². The molecular formula is C17H16N4OS. The third-order valence-electron chi connectivity index (χ3n) is 4.11. The molecule has 3 aliphatic heterocycles. The van der Waals surface area contributed by atoms with Gasteiger partial charge in [0.15, 0.2) is 0 Å². The summed E-state index contributed by atoms with van der Waals surface area (Å²) < 4.78 is 0. The van der Waals surface area contributed by atoms with Crippen molar-refractivity contribution in [3.05, 3.63) is 40.1 Å². The number of nitrogens with zero attached hydrogens (tertiary/aromatic N) is 4. The van der Waals surface area contributed by atoms with Gasteiger partial charge in [0.2, 0.25) is 5.96 Å². The van der Waals surface area contributed by atoms with Gasteiger partial charge in [0.1, 0.15) is 11.8 Å². The fraction of sp³-hybridized carbons (Fsp3) is 0.294. The minimum atomic E-state index is -0.470. The van der Waals surface area contributed by atoms with Gasteiger partial charge in [-0.2, -0.15) is 9.98 Å². The molecule has 1 atom stereocenters. The Morgan fingerprint density at radius 3 is 2.87 bits per heavy atom. The van der Waals surface area contributed by atoms with Crippen LogP contribution in [0.1, 0.15) is 17.7 Å². The lowest BCUT2D eigenvalue weighted by Crippen LogP contribution is -2.36. The number of dihydropyridines is 1. The van der Waals surface area contributed by atoms with Crippen LogP contribution in [0.25, 0.3) is 6.08 Å². The van der Waals surface area contributed by atoms with Crippen LogP contribution in [0.5, 0.6) is 0 Å². The maximum Gasteiger partial charge on any atom is 0.264 e. The zero-order valence-electron chi connectivity index (χ0n) is 12.6. The number of amidine groups is 1. The highest BCUT2D eigenvalue weighted by Crippen LogP contribution is 2.26. The number of carbonyl (C=O) groups excluding carboxylic acids is 1. The molecule has 4 heterocycles. The molecule has 0 N–H and O–H groups in total. The number of aliphatic imine (C=N–C) groups is 3. The van der Waals surface area contributed by atoms with E-state index in [1.807, 2.05) is 35.7 Å². The predicted molar refractivity (Wildman–Crippen MR) is 94.1 cm³/mol. The van der Waals surface area contributed by atoms with Gasteiger partial charge in [-0.05, 0) is 42.0 Å². The maximum absolute atomic E-state index is 12.5. The van der Waals surface area contributed by atoms with E-state index in [0.717, 1.165) is 36.4 Å². The van der Waals surface area contributed by atoms with E-state index in [1.54, 1.807) is 17.6 Å². The molecule has 0 aliphatic carbocycles. The van der Waals surface area contributed by atoms with E-state index >= 15 is 0 Å². The Morgan fingerprint density at radius 2 is 2.09 bits per heavy atom. The van der Waals surface area contributed by atoms with Crippen LogP contribution >= 0.6 is 11.3 Å². The van der Waals surface area contributed by atoms with Crippen molar-refractivity contribution in [3.8, 4) is 0 Å². The van der Waals surface area contributed by atoms with Crippen molar-refractivity contribution in [3.63, 3.8) is 0 Å². The Kier molecular flexibility index (Phi) is 3.75. The number of rotatable bonds is 2. The van der Waals surface area contributed by atoms with Gasteiger partial charge in [-0.25, -0.2) is 4.99 Å². The second kappa shape index (κ2) is 6.04. The molecule has 116 valence electrons. The van der Waals surface area contributed by atoms with E-state index in [0.29, 0.717) is 11.8 Å². The van der Waals surface area contributed by atoms with Crippen molar-refractivity contribution in [2.75, 3.05) is 13.1 Å². The number of likely N-dealkylation sites (tertiary alicyclic amines) is 1. The smallest absolute Gasteiger partial charge is 0.264 e. The number of guanidine groups is 1. The number of hydrogen-bond donors (Lipinski definition) is 0. The second-order valence-electron chi connectivity index (χ2n) is 5.64. The molecule has 1 aromatic rings. The number of carbonyl (C=O) groups is 1. The SMILES string of the molecule is O=C1N=C(N2CCCC2)N=C2N=CC=C(/C=C/c3cccs3)C12. The Morgan fingerprint density at radius 1 is 1.22 bits per heavy atom. The first-order valence-corrected chi connectivity index (χ1v) is 8.61. The molecule has 1 unspecified atom stereocenters. The molecule has 1 fully saturated rings. The van der Waals surface area contributed by atoms with Gasteiger partial charge in [-0.3, -0.25) is 4.79 Å². The van der Waals surface area contributed by atoms with Crippen LogP contribution in [0.3, 0.4) is 0 Å². The first-order chi connectivity index (χ1) is 11.3. The van der Waals surface area contributed by atoms with Crippen molar-refractivity contribution in [2.24, 2.45) is 20.9 Å². The number of fused-ring (bicyclic) bond motifs is 1. The van der Waals surface area contributed by atoms with E-state index in [-0.39, 0.29) is 5.91 Å². The first-order valence-electron chi connectivity index (χ1n) is 7.73. The Balaban J connectivity index is 1.60. The van der Waals surface area contributed by atoms with Crippen LogP contribution < -0.4 is 0 Å². The molecule has 0 saturated carbocycles. The van der Waals surface area contributed by atoms with Gasteiger partial charge in [0.05, 0.1) is 0 Å². The zero-order chi connectivity index (χ0) is 15.6. The summed E-state index contributed by atoms with van der Waals surface area (Å²) in [5, 5.41) is 2.03. The Labute approximate surface area is 138 Å². The van der Waals surface area contributed by atoms with Crippen LogP contribution in [-0.4, -0.2) is 41.9 Å². The molecule has 1 amide bonds. The van der Waals surface area contributed by atoms with Gasteiger partial charge in [-0.15, -0.1) is 11.3 Å². The van der Waals surface area contributed by atoms with Crippen LogP contribution in [-0.2, 0) is 4.79 Å². The Bertz CT molecular complexity index is 765. The molecule has 1 saturated heterocycles. The van der Waals surface area contributed by atoms with Crippen LogP contribution in [0.4, 0.5) is 0 Å². The summed E-state index contributed by atoms with van der Waals surface area (Å²) in [6.45, 7) is 1.83. The normalized spacial score (nSPS) is 23.8. The molecular weight excluding hydrogens is 308 g/mol. The fourth-order valence-corrected chi connectivity index (χ4v) is 3.55. The van der Waals surface area contributed by atoms with Crippen molar-refractivity contribution < 1.29 is 4.79 Å². The molecule has 0 radical (unpaired) electrons. The summed E-state index contributed by atoms with van der Waals surface area (Å²) >= 11 is 1.66. The Hall–Kier alpha value is -2.34. The van der Waals surface area contributed by atoms with Crippen LogP contribution in [0, 0.1) is 5.92 Å². The summed E-state index contributed by atoms with van der Waals surface area (Å²) in [5.41, 5.74) is 0.890. The molecule has 6 heteroatoms. The third kappa shape index (κ3) is 2.82. The number of amides is 1. The summed E-state index contributed by atoms with van der Waals surface area (Å²) in [5.74, 6) is 0.443. The quantitative estimate of drug-likeness (QED) is 0.840. The average Bonchev–Trinajstić information content (AvgIpc) is 3.26. The van der Waals surface area contributed by atoms with Gasteiger partial charge in [0, 0.05) is 24.2 Å². The van der Waals surface area contributed by atoms with E-state index < -0.39 is 5.92 Å². The van der Waals surface area contributed by atoms with Crippen molar-refractivity contribution in [2.45, 2.75) is 12.8 Å². The fourth-order valence-electron chi connectivity index (χ4n) is 2.93. The highest BCUT2D eigenvalue weighted by atomic mass is 32.1. The number of allylic oxidation sites excluding steroid dienone is 2. The van der Waals surface area contributed by atoms with E-state index in [1.165, 1.54) is 0 Å². The number of hydrogen-bond acceptors (Lipinski definition) is 5. The minimum absolute atomic E-state index is 0.171. The maximum atomic E-state index is 12.5. The summed E-state index contributed by atoms with van der Waals surface area (Å²) in [4.78, 5) is 28.8. The monoisotopic (exact) mass is 324 g/mol. The van der Waals surface area contributed by atoms with Gasteiger partial charge >= 0.3 is 0 Å². The minimum Gasteiger partial charge on any atom is -0.341 e. The lowest BCUT2D eigenvalue weighted by atomic mass is 9.93. The molecule has 1 aromatic heterocycles. The lowest BCUT2D eigenvalue weighted by molar-refractivity contribution is -0.118. The second-order valence-corrected chi connectivity index (χ2v) is 6.62. The third-order valence-corrected chi connectivity index (χ3v) is 4.95. The number of thiophene rings is 1. The molecule has 0 spiro atoms.